The molecule has 1 unspecified atom stereocenters. The lowest BCUT2D eigenvalue weighted by atomic mass is 10.0. The van der Waals surface area contributed by atoms with Gasteiger partial charge in [-0.25, -0.2) is 0 Å². The number of hydrogen-bond donors (Lipinski definition) is 1. The van der Waals surface area contributed by atoms with Crippen molar-refractivity contribution in [1.82, 2.24) is 5.32 Å². The predicted molar refractivity (Wildman–Crippen MR) is 82.9 cm³/mol. The molecule has 0 saturated carbocycles. The molecule has 1 heterocycles. The summed E-state index contributed by atoms with van der Waals surface area (Å²) >= 11 is 13.7. The van der Waals surface area contributed by atoms with Crippen LogP contribution in [-0.4, -0.2) is 13.7 Å². The second-order valence-corrected chi connectivity index (χ2v) is 6.20. The number of rotatable bonds is 5. The minimum absolute atomic E-state index is 0.0381. The molecule has 2 rings (SSSR count). The quantitative estimate of drug-likeness (QED) is 0.858. The lowest BCUT2D eigenvalue weighted by molar-refractivity contribution is 0.404. The van der Waals surface area contributed by atoms with Crippen LogP contribution in [-0.2, 0) is 0 Å². The van der Waals surface area contributed by atoms with E-state index < -0.39 is 0 Å². The lowest BCUT2D eigenvalue weighted by Crippen LogP contribution is -2.21. The molecule has 0 aliphatic carbocycles. The monoisotopic (exact) mass is 315 g/mol. The van der Waals surface area contributed by atoms with Crippen LogP contribution in [0.25, 0.3) is 0 Å². The number of hydrogen-bond acceptors (Lipinski definition) is 3. The Morgan fingerprint density at radius 2 is 2.05 bits per heavy atom. The number of nitrogens with one attached hydrogen (secondary N) is 1. The standard InChI is InChI=1S/C14H15Cl2NOS/c1-3-17-14(12-6-7-13(16)19-12)10-8-9(15)4-5-11(10)18-2/h4-8,14,17H,3H2,1-2H3. The first kappa shape index (κ1) is 14.7. The Kier molecular flexibility index (Phi) is 5.11. The molecule has 0 aliphatic rings. The average Bonchev–Trinajstić information content (AvgIpc) is 2.82. The molecular formula is C14H15Cl2NOS. The van der Waals surface area contributed by atoms with Crippen LogP contribution in [0.5, 0.6) is 5.75 Å². The Labute approximate surface area is 127 Å². The van der Waals surface area contributed by atoms with Crippen molar-refractivity contribution >= 4 is 34.5 Å². The molecule has 2 nitrogen and oxygen atoms in total. The summed E-state index contributed by atoms with van der Waals surface area (Å²) < 4.78 is 6.21. The van der Waals surface area contributed by atoms with Crippen molar-refractivity contribution in [2.75, 3.05) is 13.7 Å². The number of thiophene rings is 1. The second kappa shape index (κ2) is 6.62. The van der Waals surface area contributed by atoms with E-state index in [0.29, 0.717) is 5.02 Å². The summed E-state index contributed by atoms with van der Waals surface area (Å²) in [4.78, 5) is 1.15. The van der Waals surface area contributed by atoms with Gasteiger partial charge < -0.3 is 10.1 Å². The van der Waals surface area contributed by atoms with Gasteiger partial charge in [-0.2, -0.15) is 0 Å². The fourth-order valence-corrected chi connectivity index (χ4v) is 3.32. The Balaban J connectivity index is 2.46. The van der Waals surface area contributed by atoms with Crippen LogP contribution in [0, 0.1) is 0 Å². The van der Waals surface area contributed by atoms with E-state index in [4.69, 9.17) is 27.9 Å². The maximum absolute atomic E-state index is 6.10. The lowest BCUT2D eigenvalue weighted by Gasteiger charge is -2.20. The van der Waals surface area contributed by atoms with Gasteiger partial charge in [0.1, 0.15) is 5.75 Å². The van der Waals surface area contributed by atoms with E-state index in [1.54, 1.807) is 18.4 Å². The van der Waals surface area contributed by atoms with Gasteiger partial charge in [-0.15, -0.1) is 11.3 Å². The third kappa shape index (κ3) is 3.42. The van der Waals surface area contributed by atoms with Crippen LogP contribution in [0.1, 0.15) is 23.4 Å². The maximum Gasteiger partial charge on any atom is 0.124 e. The van der Waals surface area contributed by atoms with Crippen LogP contribution in [0.15, 0.2) is 30.3 Å². The van der Waals surface area contributed by atoms with Crippen molar-refractivity contribution in [3.63, 3.8) is 0 Å². The molecule has 1 aromatic heterocycles. The van der Waals surface area contributed by atoms with Gasteiger partial charge >= 0.3 is 0 Å². The van der Waals surface area contributed by atoms with Gasteiger partial charge in [-0.05, 0) is 36.9 Å². The molecular weight excluding hydrogens is 301 g/mol. The summed E-state index contributed by atoms with van der Waals surface area (Å²) in [6.45, 7) is 2.91. The van der Waals surface area contributed by atoms with Gasteiger partial charge in [0.05, 0.1) is 17.5 Å². The first-order chi connectivity index (χ1) is 9.15. The Bertz CT molecular complexity index is 556. The SMILES string of the molecule is CCNC(c1ccc(Cl)s1)c1cc(Cl)ccc1OC. The fourth-order valence-electron chi connectivity index (χ4n) is 1.98. The van der Waals surface area contributed by atoms with Crippen molar-refractivity contribution in [3.8, 4) is 5.75 Å². The van der Waals surface area contributed by atoms with Crippen molar-refractivity contribution < 1.29 is 4.74 Å². The van der Waals surface area contributed by atoms with Crippen LogP contribution >= 0.6 is 34.5 Å². The van der Waals surface area contributed by atoms with E-state index in [2.05, 4.69) is 12.2 Å². The minimum Gasteiger partial charge on any atom is -0.496 e. The van der Waals surface area contributed by atoms with Gasteiger partial charge in [-0.1, -0.05) is 30.1 Å². The van der Waals surface area contributed by atoms with Crippen molar-refractivity contribution in [2.45, 2.75) is 13.0 Å². The van der Waals surface area contributed by atoms with E-state index in [0.717, 1.165) is 27.1 Å². The van der Waals surface area contributed by atoms with E-state index in [9.17, 15) is 0 Å². The summed E-state index contributed by atoms with van der Waals surface area (Å²) in [6.07, 6.45) is 0. The zero-order valence-electron chi connectivity index (χ0n) is 10.7. The molecule has 102 valence electrons. The van der Waals surface area contributed by atoms with Gasteiger partial charge in [0.15, 0.2) is 0 Å². The third-order valence-corrected chi connectivity index (χ3v) is 4.32. The Hall–Kier alpha value is -0.740. The maximum atomic E-state index is 6.10. The number of ether oxygens (including phenoxy) is 1. The van der Waals surface area contributed by atoms with Gasteiger partial charge in [0.2, 0.25) is 0 Å². The molecule has 0 aliphatic heterocycles. The number of methoxy groups -OCH3 is 1. The molecule has 1 atom stereocenters. The molecule has 2 aromatic rings. The van der Waals surface area contributed by atoms with Gasteiger partial charge in [0.25, 0.3) is 0 Å². The normalized spacial score (nSPS) is 12.4. The minimum atomic E-state index is 0.0381. The average molecular weight is 316 g/mol. The third-order valence-electron chi connectivity index (χ3n) is 2.79. The molecule has 1 aromatic carbocycles. The highest BCUT2D eigenvalue weighted by Crippen LogP contribution is 2.36. The Morgan fingerprint density at radius 3 is 2.63 bits per heavy atom. The zero-order chi connectivity index (χ0) is 13.8. The molecule has 5 heteroatoms. The predicted octanol–water partition coefficient (Wildman–Crippen LogP) is 4.76. The van der Waals surface area contributed by atoms with Crippen LogP contribution in [0.2, 0.25) is 9.36 Å². The first-order valence-corrected chi connectivity index (χ1v) is 7.55. The summed E-state index contributed by atoms with van der Waals surface area (Å²) in [6, 6.07) is 9.62. The largest absolute Gasteiger partial charge is 0.496 e. The van der Waals surface area contributed by atoms with E-state index in [1.165, 1.54) is 0 Å². The first-order valence-electron chi connectivity index (χ1n) is 5.97. The highest BCUT2D eigenvalue weighted by Gasteiger charge is 2.19. The van der Waals surface area contributed by atoms with Gasteiger partial charge in [-0.3, -0.25) is 0 Å². The molecule has 0 radical (unpaired) electrons. The van der Waals surface area contributed by atoms with E-state index >= 15 is 0 Å². The summed E-state index contributed by atoms with van der Waals surface area (Å²) in [7, 11) is 1.66. The summed E-state index contributed by atoms with van der Waals surface area (Å²) in [5, 5.41) is 4.14. The molecule has 0 saturated heterocycles. The van der Waals surface area contributed by atoms with Crippen LogP contribution < -0.4 is 10.1 Å². The zero-order valence-corrected chi connectivity index (χ0v) is 13.1. The summed E-state index contributed by atoms with van der Waals surface area (Å²) in [5.41, 5.74) is 1.02. The van der Waals surface area contributed by atoms with Crippen molar-refractivity contribution in [3.05, 3.63) is 50.1 Å². The summed E-state index contributed by atoms with van der Waals surface area (Å²) in [5.74, 6) is 0.819. The molecule has 0 spiro atoms. The highest BCUT2D eigenvalue weighted by atomic mass is 35.5. The van der Waals surface area contributed by atoms with Crippen molar-refractivity contribution in [1.29, 1.82) is 0 Å². The molecule has 1 N–H and O–H groups in total. The van der Waals surface area contributed by atoms with Crippen LogP contribution in [0.3, 0.4) is 0 Å². The van der Waals surface area contributed by atoms with Gasteiger partial charge in [0, 0.05) is 15.5 Å². The highest BCUT2D eigenvalue weighted by molar-refractivity contribution is 7.16. The van der Waals surface area contributed by atoms with E-state index in [-0.39, 0.29) is 6.04 Å². The van der Waals surface area contributed by atoms with Crippen molar-refractivity contribution in [2.24, 2.45) is 0 Å². The topological polar surface area (TPSA) is 21.3 Å². The van der Waals surface area contributed by atoms with Crippen LogP contribution in [0.4, 0.5) is 0 Å². The Morgan fingerprint density at radius 1 is 1.26 bits per heavy atom. The number of halogens is 2. The molecule has 19 heavy (non-hydrogen) atoms. The fraction of sp³-hybridized carbons (Fsp3) is 0.286. The molecule has 0 amide bonds. The molecule has 0 fully saturated rings. The smallest absolute Gasteiger partial charge is 0.124 e. The second-order valence-electron chi connectivity index (χ2n) is 4.02. The number of benzene rings is 1. The molecule has 0 bridgehead atoms. The van der Waals surface area contributed by atoms with E-state index in [1.807, 2.05) is 30.3 Å².